The Bertz CT molecular complexity index is 551. The minimum atomic E-state index is -0.854. The van der Waals surface area contributed by atoms with Crippen LogP contribution in [0.2, 0.25) is 0 Å². The molecule has 1 saturated heterocycles. The summed E-state index contributed by atoms with van der Waals surface area (Å²) in [5.41, 5.74) is 0. The van der Waals surface area contributed by atoms with Gasteiger partial charge in [0.05, 0.1) is 24.4 Å². The first-order valence-corrected chi connectivity index (χ1v) is 9.98. The fourth-order valence-corrected chi connectivity index (χ4v) is 2.84. The summed E-state index contributed by atoms with van der Waals surface area (Å²) in [5.74, 6) is -0.854. The van der Waals surface area contributed by atoms with Gasteiger partial charge in [-0.25, -0.2) is 0 Å². The summed E-state index contributed by atoms with van der Waals surface area (Å²) >= 11 is 0. The molecule has 6 nitrogen and oxygen atoms in total. The zero-order valence-corrected chi connectivity index (χ0v) is 16.6. The van der Waals surface area contributed by atoms with Crippen molar-refractivity contribution in [2.45, 2.75) is 82.4 Å². The van der Waals surface area contributed by atoms with Crippen molar-refractivity contribution < 1.29 is 30.0 Å². The number of carboxylic acids is 1. The summed E-state index contributed by atoms with van der Waals surface area (Å²) in [6.07, 6.45) is 15.1. The van der Waals surface area contributed by atoms with Gasteiger partial charge in [0.25, 0.3) is 0 Å². The predicted molar refractivity (Wildman–Crippen MR) is 109 cm³/mol. The van der Waals surface area contributed by atoms with Gasteiger partial charge < -0.3 is 25.2 Å². The topological polar surface area (TPSA) is 107 Å². The molecule has 0 aliphatic carbocycles. The average Bonchev–Trinajstić information content (AvgIpc) is 3.03. The second-order valence-corrected chi connectivity index (χ2v) is 6.92. The molecule has 1 aliphatic rings. The fraction of sp³-hybridized carbons (Fsp3) is 0.591. The zero-order chi connectivity index (χ0) is 20.8. The van der Waals surface area contributed by atoms with E-state index in [0.29, 0.717) is 25.7 Å². The third-order valence-corrected chi connectivity index (χ3v) is 4.42. The predicted octanol–water partition coefficient (Wildman–Crippen LogP) is 2.90. The molecule has 0 aromatic carbocycles. The van der Waals surface area contributed by atoms with E-state index in [-0.39, 0.29) is 6.42 Å². The second-order valence-electron chi connectivity index (χ2n) is 6.92. The molecular formula is C22H34O6. The van der Waals surface area contributed by atoms with Crippen molar-refractivity contribution in [3.63, 3.8) is 0 Å². The van der Waals surface area contributed by atoms with E-state index in [2.05, 4.69) is 19.1 Å². The molecule has 0 aromatic rings. The fourth-order valence-electron chi connectivity index (χ4n) is 2.84. The van der Waals surface area contributed by atoms with E-state index >= 15 is 0 Å². The van der Waals surface area contributed by atoms with Crippen molar-refractivity contribution in [3.8, 4) is 0 Å². The van der Waals surface area contributed by atoms with Crippen molar-refractivity contribution in [1.82, 2.24) is 0 Å². The van der Waals surface area contributed by atoms with Crippen LogP contribution in [-0.4, -0.2) is 56.9 Å². The Morgan fingerprint density at radius 3 is 2.54 bits per heavy atom. The van der Waals surface area contributed by atoms with Gasteiger partial charge in [0, 0.05) is 12.8 Å². The van der Waals surface area contributed by atoms with E-state index in [4.69, 9.17) is 9.84 Å². The highest BCUT2D eigenvalue weighted by molar-refractivity contribution is 5.66. The molecule has 0 unspecified atom stereocenters. The summed E-state index contributed by atoms with van der Waals surface area (Å²) in [5, 5.41) is 38.9. The molecule has 0 aromatic heterocycles. The first-order chi connectivity index (χ1) is 13.4. The average molecular weight is 395 g/mol. The van der Waals surface area contributed by atoms with Crippen molar-refractivity contribution >= 4 is 5.97 Å². The molecule has 1 fully saturated rings. The van der Waals surface area contributed by atoms with Crippen LogP contribution in [0.25, 0.3) is 0 Å². The number of ether oxygens (including phenoxy) is 1. The Morgan fingerprint density at radius 2 is 1.82 bits per heavy atom. The molecule has 1 heterocycles. The lowest BCUT2D eigenvalue weighted by Gasteiger charge is -2.16. The molecule has 0 amide bonds. The number of hydrogen-bond acceptors (Lipinski definition) is 5. The molecular weight excluding hydrogens is 360 g/mol. The number of aliphatic hydroxyl groups is 3. The van der Waals surface area contributed by atoms with E-state index < -0.39 is 36.5 Å². The van der Waals surface area contributed by atoms with Crippen LogP contribution >= 0.6 is 0 Å². The van der Waals surface area contributed by atoms with Crippen LogP contribution in [0.4, 0.5) is 0 Å². The first kappa shape index (κ1) is 24.3. The number of aliphatic carboxylic acids is 1. The smallest absolute Gasteiger partial charge is 0.303 e. The van der Waals surface area contributed by atoms with E-state index in [0.717, 1.165) is 12.8 Å². The number of carboxylic acid groups (broad SMARTS) is 1. The molecule has 0 radical (unpaired) electrons. The van der Waals surface area contributed by atoms with E-state index in [1.807, 2.05) is 12.2 Å². The molecule has 0 saturated carbocycles. The third-order valence-electron chi connectivity index (χ3n) is 4.42. The molecule has 1 aliphatic heterocycles. The number of allylic oxidation sites excluding steroid dienone is 4. The minimum Gasteiger partial charge on any atom is -0.481 e. The SMILES string of the molecule is CC/C=C\C/C=C\C[C@@H](O)/C=C/[C@@H]1O[C@@H]([C@@H](O)C/C=C\CCC(=O)O)C[C@H]1O. The van der Waals surface area contributed by atoms with Crippen molar-refractivity contribution in [3.05, 3.63) is 48.6 Å². The van der Waals surface area contributed by atoms with Gasteiger partial charge in [-0.2, -0.15) is 0 Å². The Kier molecular flexibility index (Phi) is 12.4. The lowest BCUT2D eigenvalue weighted by atomic mass is 10.0. The van der Waals surface area contributed by atoms with E-state index in [1.54, 1.807) is 24.3 Å². The summed E-state index contributed by atoms with van der Waals surface area (Å²) in [6, 6.07) is 0. The molecule has 158 valence electrons. The quantitative estimate of drug-likeness (QED) is 0.358. The minimum absolute atomic E-state index is 0.0606. The summed E-state index contributed by atoms with van der Waals surface area (Å²) in [7, 11) is 0. The van der Waals surface area contributed by atoms with Crippen LogP contribution in [0.15, 0.2) is 48.6 Å². The molecule has 1 rings (SSSR count). The summed E-state index contributed by atoms with van der Waals surface area (Å²) in [6.45, 7) is 2.08. The van der Waals surface area contributed by atoms with Gasteiger partial charge in [0.1, 0.15) is 6.10 Å². The highest BCUT2D eigenvalue weighted by Crippen LogP contribution is 2.25. The van der Waals surface area contributed by atoms with Gasteiger partial charge in [-0.15, -0.1) is 0 Å². The maximum atomic E-state index is 10.4. The van der Waals surface area contributed by atoms with Crippen LogP contribution in [0.3, 0.4) is 0 Å². The van der Waals surface area contributed by atoms with Crippen LogP contribution in [0.5, 0.6) is 0 Å². The standard InChI is InChI=1S/C22H34O6/c1-2-3-4-5-6-8-11-17(23)14-15-20-19(25)16-21(28-20)18(24)12-9-7-10-13-22(26)27/h3-4,6-9,14-15,17-21,23-25H,2,5,10-13,16H2,1H3,(H,26,27)/b4-3-,8-6-,9-7-,15-14+/t17-,18+,19-,20+,21-/m1/s1. The highest BCUT2D eigenvalue weighted by Gasteiger charge is 2.35. The Hall–Kier alpha value is -1.73. The molecule has 28 heavy (non-hydrogen) atoms. The van der Waals surface area contributed by atoms with Crippen LogP contribution in [0.1, 0.15) is 51.9 Å². The number of hydrogen-bond donors (Lipinski definition) is 4. The Balaban J connectivity index is 2.34. The third kappa shape index (κ3) is 10.6. The van der Waals surface area contributed by atoms with Gasteiger partial charge >= 0.3 is 5.97 Å². The van der Waals surface area contributed by atoms with Crippen molar-refractivity contribution in [1.29, 1.82) is 0 Å². The maximum Gasteiger partial charge on any atom is 0.303 e. The van der Waals surface area contributed by atoms with Gasteiger partial charge in [0.15, 0.2) is 0 Å². The molecule has 0 bridgehead atoms. The summed E-state index contributed by atoms with van der Waals surface area (Å²) in [4.78, 5) is 10.4. The largest absolute Gasteiger partial charge is 0.481 e. The normalized spacial score (nSPS) is 25.5. The maximum absolute atomic E-state index is 10.4. The second kappa shape index (κ2) is 14.3. The van der Waals surface area contributed by atoms with Gasteiger partial charge in [-0.05, 0) is 32.1 Å². The van der Waals surface area contributed by atoms with E-state index in [1.165, 1.54) is 0 Å². The van der Waals surface area contributed by atoms with E-state index in [9.17, 15) is 20.1 Å². The Labute approximate surface area is 167 Å². The first-order valence-electron chi connectivity index (χ1n) is 9.98. The number of carbonyl (C=O) groups is 1. The monoisotopic (exact) mass is 394 g/mol. The van der Waals surface area contributed by atoms with Crippen molar-refractivity contribution in [2.75, 3.05) is 0 Å². The highest BCUT2D eigenvalue weighted by atomic mass is 16.5. The van der Waals surface area contributed by atoms with Gasteiger partial charge in [-0.1, -0.05) is 55.5 Å². The zero-order valence-electron chi connectivity index (χ0n) is 16.6. The number of aliphatic hydroxyl groups excluding tert-OH is 3. The summed E-state index contributed by atoms with van der Waals surface area (Å²) < 4.78 is 5.70. The molecule has 0 spiro atoms. The van der Waals surface area contributed by atoms with Gasteiger partial charge in [0.2, 0.25) is 0 Å². The Morgan fingerprint density at radius 1 is 1.11 bits per heavy atom. The lowest BCUT2D eigenvalue weighted by molar-refractivity contribution is -0.136. The van der Waals surface area contributed by atoms with Crippen LogP contribution < -0.4 is 0 Å². The lowest BCUT2D eigenvalue weighted by Crippen LogP contribution is -2.25. The molecule has 6 heteroatoms. The number of rotatable bonds is 13. The molecule has 4 N–H and O–H groups in total. The van der Waals surface area contributed by atoms with Crippen molar-refractivity contribution in [2.24, 2.45) is 0 Å². The van der Waals surface area contributed by atoms with Gasteiger partial charge in [-0.3, -0.25) is 4.79 Å². The van der Waals surface area contributed by atoms with Crippen LogP contribution in [0, 0.1) is 0 Å². The molecule has 5 atom stereocenters. The van der Waals surface area contributed by atoms with Crippen LogP contribution in [-0.2, 0) is 9.53 Å².